The average molecular weight is 551 g/mol. The molecule has 1 aliphatic carbocycles. The summed E-state index contributed by atoms with van der Waals surface area (Å²) in [6, 6.07) is 10.7. The summed E-state index contributed by atoms with van der Waals surface area (Å²) in [6.07, 6.45) is -3.89. The molecule has 1 saturated heterocycles. The number of rotatable bonds is 3. The predicted octanol–water partition coefficient (Wildman–Crippen LogP) is 4.34. The number of aromatic nitrogens is 2. The molecule has 1 aromatic heterocycles. The smallest absolute Gasteiger partial charge is 0.405 e. The van der Waals surface area contributed by atoms with Crippen molar-refractivity contribution >= 4 is 22.4 Å². The SMILES string of the molecule is Cn1c(=O)nc(N2CCOCc3c(C#CC4(C(F)(F)F)CC4)cccc32)c2cc(C#N)c(O[C@@H]3CCOC3)cc21. The number of nitriles is 1. The van der Waals surface area contributed by atoms with Gasteiger partial charge in [-0.3, -0.25) is 4.57 Å². The van der Waals surface area contributed by atoms with Crippen LogP contribution in [0.25, 0.3) is 10.9 Å². The van der Waals surface area contributed by atoms with Crippen LogP contribution in [-0.4, -0.2) is 48.2 Å². The van der Waals surface area contributed by atoms with Crippen LogP contribution in [0.1, 0.15) is 36.0 Å². The molecule has 2 aliphatic heterocycles. The molecule has 11 heteroatoms. The summed E-state index contributed by atoms with van der Waals surface area (Å²) >= 11 is 0. The number of anilines is 2. The minimum atomic E-state index is -4.38. The van der Waals surface area contributed by atoms with Gasteiger partial charge in [0.2, 0.25) is 0 Å². The van der Waals surface area contributed by atoms with Gasteiger partial charge in [-0.1, -0.05) is 17.9 Å². The van der Waals surface area contributed by atoms with Crippen LogP contribution in [0, 0.1) is 28.6 Å². The molecular weight excluding hydrogens is 525 g/mol. The highest BCUT2D eigenvalue weighted by Crippen LogP contribution is 2.57. The standard InChI is InChI=1S/C29H25F3N4O4/c1-35-24-14-25(40-20-6-11-38-16-20)19(15-33)13-21(24)26(34-27(35)37)36-10-12-39-17-22-18(3-2-4-23(22)36)5-7-28(8-9-28)29(30,31)32/h2-4,13-14,20H,6,8-12,16-17H2,1H3/t20-/m1/s1. The van der Waals surface area contributed by atoms with Crippen LogP contribution in [0.3, 0.4) is 0 Å². The van der Waals surface area contributed by atoms with Gasteiger partial charge in [0.15, 0.2) is 0 Å². The Labute approximate surface area is 227 Å². The molecule has 3 heterocycles. The van der Waals surface area contributed by atoms with E-state index in [2.05, 4.69) is 22.9 Å². The first-order valence-corrected chi connectivity index (χ1v) is 13.0. The van der Waals surface area contributed by atoms with E-state index in [0.717, 1.165) is 0 Å². The number of alkyl halides is 3. The number of hydrogen-bond acceptors (Lipinski definition) is 7. The van der Waals surface area contributed by atoms with Gasteiger partial charge in [0.05, 0.1) is 37.5 Å². The van der Waals surface area contributed by atoms with Crippen molar-refractivity contribution in [1.82, 2.24) is 9.55 Å². The van der Waals surface area contributed by atoms with Crippen LogP contribution < -0.4 is 15.3 Å². The lowest BCUT2D eigenvalue weighted by Crippen LogP contribution is -2.28. The van der Waals surface area contributed by atoms with Crippen LogP contribution in [0.15, 0.2) is 35.1 Å². The first-order chi connectivity index (χ1) is 19.2. The summed E-state index contributed by atoms with van der Waals surface area (Å²) in [6.45, 7) is 1.74. The monoisotopic (exact) mass is 550 g/mol. The Morgan fingerprint density at radius 1 is 1.18 bits per heavy atom. The van der Waals surface area contributed by atoms with E-state index < -0.39 is 17.3 Å². The van der Waals surface area contributed by atoms with E-state index in [4.69, 9.17) is 14.2 Å². The summed E-state index contributed by atoms with van der Waals surface area (Å²) in [5.74, 6) is 5.91. The zero-order valence-corrected chi connectivity index (χ0v) is 21.7. The fourth-order valence-corrected chi connectivity index (χ4v) is 5.09. The fraction of sp³-hybridized carbons (Fsp3) is 0.414. The van der Waals surface area contributed by atoms with Crippen molar-refractivity contribution in [2.75, 3.05) is 31.3 Å². The van der Waals surface area contributed by atoms with Crippen molar-refractivity contribution in [1.29, 1.82) is 5.26 Å². The van der Waals surface area contributed by atoms with Gasteiger partial charge in [-0.05, 0) is 31.0 Å². The fourth-order valence-electron chi connectivity index (χ4n) is 5.09. The highest BCUT2D eigenvalue weighted by Gasteiger charge is 2.62. The van der Waals surface area contributed by atoms with Crippen molar-refractivity contribution in [3.8, 4) is 23.7 Å². The maximum atomic E-state index is 13.5. The quantitative estimate of drug-likeness (QED) is 0.449. The maximum Gasteiger partial charge on any atom is 0.405 e. The second kappa shape index (κ2) is 9.84. The van der Waals surface area contributed by atoms with Gasteiger partial charge in [-0.25, -0.2) is 4.79 Å². The predicted molar refractivity (Wildman–Crippen MR) is 139 cm³/mol. The lowest BCUT2D eigenvalue weighted by atomic mass is 10.0. The van der Waals surface area contributed by atoms with Crippen molar-refractivity contribution in [3.63, 3.8) is 0 Å². The van der Waals surface area contributed by atoms with Crippen molar-refractivity contribution in [2.45, 2.75) is 38.1 Å². The van der Waals surface area contributed by atoms with E-state index >= 15 is 0 Å². The Bertz CT molecular complexity index is 1650. The second-order valence-electron chi connectivity index (χ2n) is 10.2. The van der Waals surface area contributed by atoms with E-state index in [1.165, 1.54) is 4.57 Å². The van der Waals surface area contributed by atoms with Crippen LogP contribution in [0.4, 0.5) is 24.7 Å². The third-order valence-corrected chi connectivity index (χ3v) is 7.62. The van der Waals surface area contributed by atoms with Gasteiger partial charge in [-0.15, -0.1) is 0 Å². The van der Waals surface area contributed by atoms with Crippen LogP contribution in [0.5, 0.6) is 5.75 Å². The normalized spacial score (nSPS) is 19.8. The minimum absolute atomic E-state index is 0.00886. The summed E-state index contributed by atoms with van der Waals surface area (Å²) < 4.78 is 59.1. The Kier molecular flexibility index (Phi) is 6.44. The highest BCUT2D eigenvalue weighted by molar-refractivity contribution is 5.94. The molecule has 3 aromatic rings. The maximum absolute atomic E-state index is 13.5. The minimum Gasteiger partial charge on any atom is -0.486 e. The van der Waals surface area contributed by atoms with Crippen molar-refractivity contribution < 1.29 is 27.4 Å². The Morgan fingerprint density at radius 3 is 2.70 bits per heavy atom. The summed E-state index contributed by atoms with van der Waals surface area (Å²) in [5.41, 5.74) is 0.0158. The molecule has 2 aromatic carbocycles. The van der Waals surface area contributed by atoms with Gasteiger partial charge in [0.25, 0.3) is 0 Å². The second-order valence-corrected chi connectivity index (χ2v) is 10.2. The van der Waals surface area contributed by atoms with Gasteiger partial charge in [0, 0.05) is 48.3 Å². The molecule has 2 fully saturated rings. The Balaban J connectivity index is 1.47. The number of ether oxygens (including phenoxy) is 3. The van der Waals surface area contributed by atoms with Crippen molar-refractivity contribution in [3.05, 3.63) is 57.5 Å². The van der Waals surface area contributed by atoms with Crippen LogP contribution >= 0.6 is 0 Å². The number of hydrogen-bond donors (Lipinski definition) is 0. The topological polar surface area (TPSA) is 89.6 Å². The summed E-state index contributed by atoms with van der Waals surface area (Å²) in [7, 11) is 1.59. The van der Waals surface area contributed by atoms with E-state index in [9.17, 15) is 23.2 Å². The molecule has 0 unspecified atom stereocenters. The van der Waals surface area contributed by atoms with Crippen molar-refractivity contribution in [2.24, 2.45) is 12.5 Å². The van der Waals surface area contributed by atoms with E-state index in [-0.39, 0.29) is 37.7 Å². The zero-order chi connectivity index (χ0) is 28.1. The third-order valence-electron chi connectivity index (χ3n) is 7.62. The number of nitrogens with zero attached hydrogens (tertiary/aromatic N) is 4. The number of aryl methyl sites for hydroxylation is 1. The molecule has 0 radical (unpaired) electrons. The highest BCUT2D eigenvalue weighted by atomic mass is 19.4. The number of fused-ring (bicyclic) bond motifs is 2. The summed E-state index contributed by atoms with van der Waals surface area (Å²) in [4.78, 5) is 19.2. The average Bonchev–Trinajstić information content (AvgIpc) is 3.63. The van der Waals surface area contributed by atoms with Gasteiger partial charge >= 0.3 is 11.9 Å². The molecule has 1 atom stereocenters. The lowest BCUT2D eigenvalue weighted by molar-refractivity contribution is -0.168. The van der Waals surface area contributed by atoms with Crippen LogP contribution in [0.2, 0.25) is 0 Å². The van der Waals surface area contributed by atoms with E-state index in [1.54, 1.807) is 42.3 Å². The molecule has 8 nitrogen and oxygen atoms in total. The number of benzene rings is 2. The molecule has 0 amide bonds. The van der Waals surface area contributed by atoms with Gasteiger partial charge in [-0.2, -0.15) is 23.4 Å². The number of halogens is 3. The Morgan fingerprint density at radius 2 is 2.00 bits per heavy atom. The lowest BCUT2D eigenvalue weighted by Gasteiger charge is -2.26. The summed E-state index contributed by atoms with van der Waals surface area (Å²) in [5, 5.41) is 10.5. The molecule has 1 saturated carbocycles. The van der Waals surface area contributed by atoms with Gasteiger partial charge < -0.3 is 19.1 Å². The molecule has 6 rings (SSSR count). The Hall–Kier alpha value is -4.06. The third kappa shape index (κ3) is 4.55. The molecule has 3 aliphatic rings. The molecular formula is C29H25F3N4O4. The first-order valence-electron chi connectivity index (χ1n) is 13.0. The molecule has 0 bridgehead atoms. The molecule has 206 valence electrons. The molecule has 0 N–H and O–H groups in total. The van der Waals surface area contributed by atoms with Crippen LogP contribution in [-0.2, 0) is 23.1 Å². The largest absolute Gasteiger partial charge is 0.486 e. The molecule has 40 heavy (non-hydrogen) atoms. The first kappa shape index (κ1) is 26.2. The zero-order valence-electron chi connectivity index (χ0n) is 21.7. The van der Waals surface area contributed by atoms with E-state index in [0.29, 0.717) is 65.5 Å². The van der Waals surface area contributed by atoms with Gasteiger partial charge in [0.1, 0.15) is 29.2 Å². The van der Waals surface area contributed by atoms with E-state index in [1.807, 2.05) is 0 Å². The molecule has 0 spiro atoms.